The number of aromatic nitrogens is 1. The Morgan fingerprint density at radius 3 is 2.56 bits per heavy atom. The third-order valence-electron chi connectivity index (χ3n) is 2.61. The second-order valence-corrected chi connectivity index (χ2v) is 4.08. The second kappa shape index (κ2) is 5.52. The molecule has 1 aromatic heterocycles. The maximum atomic E-state index is 9.36. The van der Waals surface area contributed by atoms with Crippen LogP contribution in [0.2, 0.25) is 5.15 Å². The van der Waals surface area contributed by atoms with Gasteiger partial charge in [0.15, 0.2) is 0 Å². The van der Waals surface area contributed by atoms with E-state index < -0.39 is 5.92 Å². The molecule has 0 aliphatic heterocycles. The van der Waals surface area contributed by atoms with Crippen molar-refractivity contribution < 1.29 is 4.74 Å². The van der Waals surface area contributed by atoms with Crippen LogP contribution in [0.15, 0.2) is 42.5 Å². The molecule has 1 atom stereocenters. The molecule has 2 rings (SSSR count). The van der Waals surface area contributed by atoms with Gasteiger partial charge < -0.3 is 4.74 Å². The molecule has 90 valence electrons. The Hall–Kier alpha value is -2.05. The summed E-state index contributed by atoms with van der Waals surface area (Å²) >= 11 is 5.89. The van der Waals surface area contributed by atoms with Crippen LogP contribution in [0.5, 0.6) is 5.75 Å². The first-order valence-electron chi connectivity index (χ1n) is 5.41. The number of rotatable bonds is 3. The normalized spacial score (nSPS) is 11.6. The minimum atomic E-state index is -0.486. The molecule has 0 saturated carbocycles. The summed E-state index contributed by atoms with van der Waals surface area (Å²) < 4.78 is 5.23. The van der Waals surface area contributed by atoms with Gasteiger partial charge in [0.1, 0.15) is 22.5 Å². The molecular weight excluding hydrogens is 248 g/mol. The van der Waals surface area contributed by atoms with E-state index in [4.69, 9.17) is 16.3 Å². The molecule has 0 radical (unpaired) electrons. The molecule has 0 spiro atoms. The summed E-state index contributed by atoms with van der Waals surface area (Å²) in [6.45, 7) is 0. The van der Waals surface area contributed by atoms with E-state index in [0.717, 1.165) is 5.56 Å². The van der Waals surface area contributed by atoms with Crippen LogP contribution in [-0.4, -0.2) is 12.1 Å². The molecule has 0 saturated heterocycles. The van der Waals surface area contributed by atoms with E-state index in [0.29, 0.717) is 16.6 Å². The Balaban J connectivity index is 2.52. The highest BCUT2D eigenvalue weighted by molar-refractivity contribution is 6.29. The number of hydrogen-bond donors (Lipinski definition) is 0. The zero-order valence-electron chi connectivity index (χ0n) is 9.80. The Morgan fingerprint density at radius 2 is 1.94 bits per heavy atom. The quantitative estimate of drug-likeness (QED) is 0.793. The van der Waals surface area contributed by atoms with Crippen molar-refractivity contribution in [1.29, 1.82) is 5.26 Å². The average Bonchev–Trinajstić information content (AvgIpc) is 2.41. The summed E-state index contributed by atoms with van der Waals surface area (Å²) in [6.07, 6.45) is 0. The molecule has 0 N–H and O–H groups in total. The number of ether oxygens (including phenoxy) is 1. The first kappa shape index (κ1) is 12.4. The molecule has 1 heterocycles. The highest BCUT2D eigenvalue weighted by atomic mass is 35.5. The maximum Gasteiger partial charge on any atom is 0.142 e. The summed E-state index contributed by atoms with van der Waals surface area (Å²) in [6, 6.07) is 15.0. The molecule has 0 amide bonds. The van der Waals surface area contributed by atoms with Crippen LogP contribution < -0.4 is 4.74 Å². The summed E-state index contributed by atoms with van der Waals surface area (Å²) in [4.78, 5) is 4.21. The van der Waals surface area contributed by atoms with E-state index in [1.165, 1.54) is 0 Å². The molecular formula is C14H11ClN2O. The lowest BCUT2D eigenvalue weighted by molar-refractivity contribution is 0.406. The topological polar surface area (TPSA) is 45.9 Å². The smallest absolute Gasteiger partial charge is 0.142 e. The fraction of sp³-hybridized carbons (Fsp3) is 0.143. The van der Waals surface area contributed by atoms with Gasteiger partial charge in [-0.05, 0) is 17.7 Å². The predicted octanol–water partition coefficient (Wildman–Crippen LogP) is 3.40. The Kier molecular flexibility index (Phi) is 3.81. The minimum absolute atomic E-state index is 0.349. The summed E-state index contributed by atoms with van der Waals surface area (Å²) in [7, 11) is 1.55. The fourth-order valence-electron chi connectivity index (χ4n) is 1.76. The van der Waals surface area contributed by atoms with Gasteiger partial charge in [0.25, 0.3) is 0 Å². The van der Waals surface area contributed by atoms with Gasteiger partial charge in [0.2, 0.25) is 0 Å². The number of nitriles is 1. The molecule has 3 nitrogen and oxygen atoms in total. The zero-order valence-corrected chi connectivity index (χ0v) is 10.6. The number of halogens is 1. The van der Waals surface area contributed by atoms with Crippen molar-refractivity contribution in [3.8, 4) is 11.8 Å². The summed E-state index contributed by atoms with van der Waals surface area (Å²) in [5.41, 5.74) is 1.41. The van der Waals surface area contributed by atoms with Crippen LogP contribution in [0.4, 0.5) is 0 Å². The standard InChI is InChI=1S/C14H11ClN2O/c1-18-12-7-8-13(15)17-14(12)11(9-16)10-5-3-2-4-6-10/h2-8,11H,1H3. The number of methoxy groups -OCH3 is 1. The lowest BCUT2D eigenvalue weighted by Crippen LogP contribution is -2.04. The van der Waals surface area contributed by atoms with Gasteiger partial charge in [0, 0.05) is 0 Å². The highest BCUT2D eigenvalue weighted by Gasteiger charge is 2.19. The summed E-state index contributed by atoms with van der Waals surface area (Å²) in [5.74, 6) is 0.0784. The van der Waals surface area contributed by atoms with Gasteiger partial charge in [0.05, 0.1) is 13.2 Å². The van der Waals surface area contributed by atoms with Crippen LogP contribution in [0.25, 0.3) is 0 Å². The van der Waals surface area contributed by atoms with Gasteiger partial charge in [-0.2, -0.15) is 5.26 Å². The van der Waals surface area contributed by atoms with E-state index in [-0.39, 0.29) is 0 Å². The zero-order chi connectivity index (χ0) is 13.0. The number of pyridine rings is 1. The molecule has 1 unspecified atom stereocenters. The highest BCUT2D eigenvalue weighted by Crippen LogP contribution is 2.30. The predicted molar refractivity (Wildman–Crippen MR) is 69.7 cm³/mol. The van der Waals surface area contributed by atoms with Crippen LogP contribution in [-0.2, 0) is 0 Å². The van der Waals surface area contributed by atoms with Crippen molar-refractivity contribution in [1.82, 2.24) is 4.98 Å². The molecule has 0 fully saturated rings. The lowest BCUT2D eigenvalue weighted by Gasteiger charge is -2.13. The Morgan fingerprint density at radius 1 is 1.22 bits per heavy atom. The molecule has 2 aromatic rings. The molecule has 18 heavy (non-hydrogen) atoms. The molecule has 1 aromatic carbocycles. The average molecular weight is 259 g/mol. The van der Waals surface area contributed by atoms with E-state index in [1.807, 2.05) is 30.3 Å². The van der Waals surface area contributed by atoms with Gasteiger partial charge >= 0.3 is 0 Å². The van der Waals surface area contributed by atoms with E-state index >= 15 is 0 Å². The van der Waals surface area contributed by atoms with Gasteiger partial charge in [-0.15, -0.1) is 0 Å². The van der Waals surface area contributed by atoms with E-state index in [9.17, 15) is 5.26 Å². The minimum Gasteiger partial charge on any atom is -0.495 e. The monoisotopic (exact) mass is 258 g/mol. The van der Waals surface area contributed by atoms with Gasteiger partial charge in [-0.1, -0.05) is 41.9 Å². The van der Waals surface area contributed by atoms with Crippen LogP contribution in [0.3, 0.4) is 0 Å². The molecule has 4 heteroatoms. The first-order chi connectivity index (χ1) is 8.76. The van der Waals surface area contributed by atoms with Crippen molar-refractivity contribution in [2.75, 3.05) is 7.11 Å². The van der Waals surface area contributed by atoms with Gasteiger partial charge in [-0.3, -0.25) is 0 Å². The van der Waals surface area contributed by atoms with Crippen molar-refractivity contribution in [2.45, 2.75) is 5.92 Å². The lowest BCUT2D eigenvalue weighted by atomic mass is 9.96. The molecule has 0 aliphatic carbocycles. The SMILES string of the molecule is COc1ccc(Cl)nc1C(C#N)c1ccccc1. The van der Waals surface area contributed by atoms with Crippen LogP contribution in [0, 0.1) is 11.3 Å². The fourth-order valence-corrected chi connectivity index (χ4v) is 1.91. The van der Waals surface area contributed by atoms with Crippen LogP contribution in [0.1, 0.15) is 17.2 Å². The molecule has 0 bridgehead atoms. The van der Waals surface area contributed by atoms with Gasteiger partial charge in [-0.25, -0.2) is 4.98 Å². The number of benzene rings is 1. The first-order valence-corrected chi connectivity index (χ1v) is 5.79. The largest absolute Gasteiger partial charge is 0.495 e. The van der Waals surface area contributed by atoms with Crippen molar-refractivity contribution >= 4 is 11.6 Å². The second-order valence-electron chi connectivity index (χ2n) is 3.69. The van der Waals surface area contributed by atoms with E-state index in [2.05, 4.69) is 11.1 Å². The van der Waals surface area contributed by atoms with Crippen molar-refractivity contribution in [3.63, 3.8) is 0 Å². The third kappa shape index (κ3) is 2.44. The Bertz CT molecular complexity index is 578. The number of nitrogens with zero attached hydrogens (tertiary/aromatic N) is 2. The maximum absolute atomic E-state index is 9.36. The van der Waals surface area contributed by atoms with Crippen molar-refractivity contribution in [2.24, 2.45) is 0 Å². The summed E-state index contributed by atoms with van der Waals surface area (Å²) in [5, 5.41) is 9.70. The Labute approximate surface area is 111 Å². The molecule has 0 aliphatic rings. The third-order valence-corrected chi connectivity index (χ3v) is 2.82. The van der Waals surface area contributed by atoms with Crippen LogP contribution >= 0.6 is 11.6 Å². The van der Waals surface area contributed by atoms with Crippen molar-refractivity contribution in [3.05, 3.63) is 58.9 Å². The van der Waals surface area contributed by atoms with E-state index in [1.54, 1.807) is 19.2 Å². The number of hydrogen-bond acceptors (Lipinski definition) is 3.